The van der Waals surface area contributed by atoms with Crippen LogP contribution < -0.4 is 5.14 Å². The molecule has 0 spiro atoms. The van der Waals surface area contributed by atoms with Crippen LogP contribution in [0.2, 0.25) is 0 Å². The number of hydrogen-bond acceptors (Lipinski definition) is 4. The quantitative estimate of drug-likeness (QED) is 0.559. The van der Waals surface area contributed by atoms with Crippen molar-refractivity contribution in [2.45, 2.75) is 16.4 Å². The molecule has 0 aromatic heterocycles. The molecule has 0 aliphatic carbocycles. The lowest BCUT2D eigenvalue weighted by Gasteiger charge is -2.28. The maximum Gasteiger partial charge on any atom is 0.439 e. The van der Waals surface area contributed by atoms with E-state index < -0.39 is 36.6 Å². The Morgan fingerprint density at radius 2 is 1.12 bits per heavy atom. The van der Waals surface area contributed by atoms with E-state index in [9.17, 15) is 43.2 Å². The molecule has 0 saturated heterocycles. The first-order valence-corrected chi connectivity index (χ1v) is 6.11. The van der Waals surface area contributed by atoms with Crippen LogP contribution in [0.1, 0.15) is 0 Å². The van der Waals surface area contributed by atoms with Gasteiger partial charge in [-0.3, -0.25) is 4.55 Å². The maximum atomic E-state index is 12.5. The predicted molar refractivity (Wildman–Crippen MR) is 39.5 cm³/mol. The van der Waals surface area contributed by atoms with Gasteiger partial charge in [0.15, 0.2) is 0 Å². The van der Waals surface area contributed by atoms with Crippen molar-refractivity contribution in [2.24, 2.45) is 5.14 Å². The highest BCUT2D eigenvalue weighted by molar-refractivity contribution is 7.90. The second kappa shape index (κ2) is 3.69. The first-order valence-electron chi connectivity index (χ1n) is 3.13. The second-order valence-electron chi connectivity index (χ2n) is 2.63. The number of primary sulfonamides is 1. The molecule has 104 valence electrons. The molecule has 0 rings (SSSR count). The van der Waals surface area contributed by atoms with Crippen LogP contribution in [0.3, 0.4) is 0 Å². The summed E-state index contributed by atoms with van der Waals surface area (Å²) in [7, 11) is -13.5. The molecule has 14 heteroatoms. The largest absolute Gasteiger partial charge is 0.439 e. The van der Waals surface area contributed by atoms with Crippen molar-refractivity contribution >= 4 is 20.1 Å². The van der Waals surface area contributed by atoms with Crippen LogP contribution in [0.5, 0.6) is 0 Å². The molecule has 0 amide bonds. The molecule has 0 bridgehead atoms. The van der Waals surface area contributed by atoms with Gasteiger partial charge >= 0.3 is 26.5 Å². The summed E-state index contributed by atoms with van der Waals surface area (Å²) in [5.41, 5.74) is 0. The lowest BCUT2D eigenvalue weighted by molar-refractivity contribution is -0.245. The summed E-state index contributed by atoms with van der Waals surface area (Å²) in [5, 5.41) is -9.77. The molecule has 0 aliphatic heterocycles. The summed E-state index contributed by atoms with van der Waals surface area (Å²) in [5.74, 6) is -6.96. The molecule has 0 radical (unpaired) electrons. The molecule has 0 atom stereocenters. The van der Waals surface area contributed by atoms with Gasteiger partial charge in [0, 0.05) is 0 Å². The molecule has 0 aliphatic rings. The molecule has 17 heavy (non-hydrogen) atoms. The van der Waals surface area contributed by atoms with Gasteiger partial charge in [-0.1, -0.05) is 0 Å². The van der Waals surface area contributed by atoms with Crippen molar-refractivity contribution in [3.8, 4) is 0 Å². The normalized spacial score (nSPS) is 16.0. The van der Waals surface area contributed by atoms with E-state index in [4.69, 9.17) is 4.55 Å². The number of halogens is 6. The lowest BCUT2D eigenvalue weighted by Crippen LogP contribution is -2.61. The third-order valence-corrected chi connectivity index (χ3v) is 3.29. The van der Waals surface area contributed by atoms with Crippen LogP contribution >= 0.6 is 0 Å². The Morgan fingerprint density at radius 1 is 0.824 bits per heavy atom. The number of nitrogens with two attached hydrogens (primary N) is 1. The van der Waals surface area contributed by atoms with Crippen LogP contribution in [-0.4, -0.2) is 37.8 Å². The highest BCUT2D eigenvalue weighted by Crippen LogP contribution is 2.49. The molecule has 3 N–H and O–H groups in total. The van der Waals surface area contributed by atoms with Crippen LogP contribution in [-0.2, 0) is 20.1 Å². The summed E-state index contributed by atoms with van der Waals surface area (Å²) in [6.07, 6.45) is 0. The number of rotatable bonds is 4. The Bertz CT molecular complexity index is 462. The topological polar surface area (TPSA) is 115 Å². The molecule has 0 fully saturated rings. The van der Waals surface area contributed by atoms with E-state index >= 15 is 0 Å². The first kappa shape index (κ1) is 16.4. The molecular formula is C3H3F6NO5S2. The third kappa shape index (κ3) is 2.21. The SMILES string of the molecule is NS(=O)(=O)C(F)(F)C(F)(F)C(F)(F)S(=O)(=O)O. The Balaban J connectivity index is 6.10. The summed E-state index contributed by atoms with van der Waals surface area (Å²) in [6.45, 7) is 0. The fraction of sp³-hybridized carbons (Fsp3) is 1.00. The van der Waals surface area contributed by atoms with Gasteiger partial charge in [0.1, 0.15) is 0 Å². The molecular weight excluding hydrogens is 308 g/mol. The highest BCUT2D eigenvalue weighted by Gasteiger charge is 2.81. The first-order chi connectivity index (χ1) is 7.00. The van der Waals surface area contributed by atoms with E-state index in [1.807, 2.05) is 0 Å². The molecule has 0 saturated carbocycles. The Kier molecular flexibility index (Phi) is 3.56. The Labute approximate surface area is 90.2 Å². The van der Waals surface area contributed by atoms with Gasteiger partial charge in [0.25, 0.3) is 10.0 Å². The summed E-state index contributed by atoms with van der Waals surface area (Å²) in [6, 6.07) is 0. The molecule has 0 unspecified atom stereocenters. The molecule has 0 aromatic carbocycles. The van der Waals surface area contributed by atoms with E-state index in [-0.39, 0.29) is 0 Å². The lowest BCUT2D eigenvalue weighted by atomic mass is 10.3. The zero-order valence-electron chi connectivity index (χ0n) is 7.24. The van der Waals surface area contributed by atoms with Gasteiger partial charge in [-0.15, -0.1) is 0 Å². The van der Waals surface area contributed by atoms with Crippen LogP contribution in [0.4, 0.5) is 26.3 Å². The van der Waals surface area contributed by atoms with E-state index in [1.54, 1.807) is 0 Å². The van der Waals surface area contributed by atoms with Gasteiger partial charge in [-0.25, -0.2) is 13.6 Å². The maximum absolute atomic E-state index is 12.5. The smallest absolute Gasteiger partial charge is 0.281 e. The summed E-state index contributed by atoms with van der Waals surface area (Å²) >= 11 is 0. The van der Waals surface area contributed by atoms with Gasteiger partial charge in [0.05, 0.1) is 0 Å². The molecule has 6 nitrogen and oxygen atoms in total. The standard InChI is InChI=1S/C3H3F6NO5S2/c4-1(5,2(6,7)16(10,11)12)3(8,9)17(13,14)15/h(H2,10,11,12)(H,13,14,15). The number of sulfonamides is 1. The zero-order valence-corrected chi connectivity index (χ0v) is 8.87. The van der Waals surface area contributed by atoms with Gasteiger partial charge in [0.2, 0.25) is 0 Å². The minimum absolute atomic E-state index is 3.57. The van der Waals surface area contributed by atoms with E-state index in [0.29, 0.717) is 0 Å². The van der Waals surface area contributed by atoms with E-state index in [1.165, 1.54) is 0 Å². The van der Waals surface area contributed by atoms with Crippen molar-refractivity contribution in [1.82, 2.24) is 0 Å². The highest BCUT2D eigenvalue weighted by atomic mass is 32.2. The monoisotopic (exact) mass is 311 g/mol. The van der Waals surface area contributed by atoms with E-state index in [0.717, 1.165) is 0 Å². The second-order valence-corrected chi connectivity index (χ2v) is 5.69. The minimum atomic E-state index is -6.99. The third-order valence-electron chi connectivity index (χ3n) is 1.41. The Hall–Kier alpha value is -0.600. The van der Waals surface area contributed by atoms with Gasteiger partial charge in [-0.05, 0) is 0 Å². The summed E-state index contributed by atoms with van der Waals surface area (Å²) in [4.78, 5) is 0. The average Bonchev–Trinajstić information content (AvgIpc) is 1.98. The Morgan fingerprint density at radius 3 is 1.29 bits per heavy atom. The average molecular weight is 311 g/mol. The van der Waals surface area contributed by atoms with Crippen molar-refractivity contribution in [3.05, 3.63) is 0 Å². The van der Waals surface area contributed by atoms with E-state index in [2.05, 4.69) is 5.14 Å². The van der Waals surface area contributed by atoms with Crippen molar-refractivity contribution < 1.29 is 47.7 Å². The minimum Gasteiger partial charge on any atom is -0.281 e. The van der Waals surface area contributed by atoms with Crippen molar-refractivity contribution in [1.29, 1.82) is 0 Å². The van der Waals surface area contributed by atoms with Gasteiger partial charge < -0.3 is 0 Å². The summed E-state index contributed by atoms with van der Waals surface area (Å²) < 4.78 is 122. The van der Waals surface area contributed by atoms with Crippen molar-refractivity contribution in [2.75, 3.05) is 0 Å². The fourth-order valence-corrected chi connectivity index (χ4v) is 1.51. The number of hydrogen-bond donors (Lipinski definition) is 2. The zero-order chi connectivity index (χ0) is 14.5. The molecule has 0 heterocycles. The van der Waals surface area contributed by atoms with Crippen LogP contribution in [0.25, 0.3) is 0 Å². The van der Waals surface area contributed by atoms with Crippen LogP contribution in [0, 0.1) is 0 Å². The number of alkyl halides is 6. The fourth-order valence-electron chi connectivity index (χ4n) is 0.510. The van der Waals surface area contributed by atoms with Gasteiger partial charge in [-0.2, -0.15) is 34.8 Å². The van der Waals surface area contributed by atoms with Crippen molar-refractivity contribution in [3.63, 3.8) is 0 Å². The van der Waals surface area contributed by atoms with Crippen LogP contribution in [0.15, 0.2) is 0 Å². The predicted octanol–water partition coefficient (Wildman–Crippen LogP) is -0.0164. The molecule has 0 aromatic rings.